The molecule has 0 aromatic carbocycles. The fraction of sp³-hybridized carbons (Fsp3) is 0.571. The first kappa shape index (κ1) is 23.0. The zero-order chi connectivity index (χ0) is 5.41. The van der Waals surface area contributed by atoms with Gasteiger partial charge >= 0.3 is 32.7 Å². The first-order valence-corrected chi connectivity index (χ1v) is 2.41. The van der Waals surface area contributed by atoms with Crippen molar-refractivity contribution in [3.63, 3.8) is 0 Å². The average Bonchev–Trinajstić information content (AvgIpc) is 1.39. The van der Waals surface area contributed by atoms with Gasteiger partial charge in [-0.1, -0.05) is 13.8 Å². The molecular weight excluding hydrogens is 173 g/mol. The molecule has 0 N–H and O–H groups in total. The van der Waals surface area contributed by atoms with Crippen molar-refractivity contribution in [3.8, 4) is 0 Å². The van der Waals surface area contributed by atoms with Gasteiger partial charge in [-0.15, -0.1) is 0 Å². The summed E-state index contributed by atoms with van der Waals surface area (Å²) in [7, 11) is 0. The molecule has 0 nitrogen and oxygen atoms in total. The molecule has 0 spiro atoms. The van der Waals surface area contributed by atoms with Gasteiger partial charge in [-0.25, -0.2) is 0 Å². The zero-order valence-electron chi connectivity index (χ0n) is 6.41. The van der Waals surface area contributed by atoms with Gasteiger partial charge in [-0.3, -0.25) is 0 Å². The summed E-state index contributed by atoms with van der Waals surface area (Å²) in [5, 5.41) is 0. The Bertz CT molecular complexity index is 6.35. The minimum atomic E-state index is 0. The fourth-order valence-corrected chi connectivity index (χ4v) is 0. The summed E-state index contributed by atoms with van der Waals surface area (Å²) >= 11 is 0. The quantitative estimate of drug-likeness (QED) is 0.515. The van der Waals surface area contributed by atoms with Crippen molar-refractivity contribution in [1.82, 2.24) is 0 Å². The van der Waals surface area contributed by atoms with E-state index in [1.165, 1.54) is 0 Å². The van der Waals surface area contributed by atoms with E-state index in [9.17, 15) is 0 Å². The predicted octanol–water partition coefficient (Wildman–Crippen LogP) is 2.91. The smallest absolute Gasteiger partial charge is 0.358 e. The maximum Gasteiger partial charge on any atom is 3.00 e. The average molecular weight is 190 g/mol. The topological polar surface area (TPSA) is 0 Å². The zero-order valence-corrected chi connectivity index (χ0v) is 9.24. The Morgan fingerprint density at radius 2 is 1.00 bits per heavy atom. The predicted molar refractivity (Wildman–Crippen MR) is 37.7 cm³/mol. The van der Waals surface area contributed by atoms with E-state index in [0.717, 1.165) is 12.8 Å². The molecule has 8 heavy (non-hydrogen) atoms. The molecule has 0 fully saturated rings. The van der Waals surface area contributed by atoms with Gasteiger partial charge in [0, 0.05) is 0 Å². The summed E-state index contributed by atoms with van der Waals surface area (Å²) in [6, 6.07) is 0. The molecule has 0 amide bonds. The van der Waals surface area contributed by atoms with Crippen LogP contribution in [0.25, 0.3) is 0 Å². The molecule has 0 aliphatic rings. The summed E-state index contributed by atoms with van der Waals surface area (Å²) in [4.78, 5) is 0. The molecular formula is C7H17Y. The van der Waals surface area contributed by atoms with E-state index in [1.807, 2.05) is 13.8 Å². The Morgan fingerprint density at radius 3 is 1.00 bits per heavy atom. The van der Waals surface area contributed by atoms with Crippen molar-refractivity contribution < 1.29 is 32.7 Å². The van der Waals surface area contributed by atoms with Gasteiger partial charge in [0.25, 0.3) is 0 Å². The van der Waals surface area contributed by atoms with Gasteiger partial charge in [0.2, 0.25) is 0 Å². The van der Waals surface area contributed by atoms with Crippen LogP contribution in [-0.4, -0.2) is 0 Å². The van der Waals surface area contributed by atoms with Crippen LogP contribution in [0, 0.1) is 21.3 Å². The minimum Gasteiger partial charge on any atom is -0.358 e. The van der Waals surface area contributed by atoms with Crippen LogP contribution in [0.15, 0.2) is 0 Å². The van der Waals surface area contributed by atoms with Gasteiger partial charge in [0.1, 0.15) is 0 Å². The molecule has 0 aliphatic carbocycles. The van der Waals surface area contributed by atoms with Crippen LogP contribution in [0.4, 0.5) is 0 Å². The number of hydrogen-bond donors (Lipinski definition) is 0. The molecule has 0 saturated heterocycles. The standard InChI is InChI=1S/2C3H7.CH3.Y/c2*1-3-2;;/h2*1,3H2,2H3;1H3;/q3*-1;+3. The molecule has 0 aliphatic heterocycles. The van der Waals surface area contributed by atoms with Crippen molar-refractivity contribution in [2.24, 2.45) is 0 Å². The van der Waals surface area contributed by atoms with Crippen molar-refractivity contribution >= 4 is 0 Å². The Kier molecular flexibility index (Phi) is 122. The van der Waals surface area contributed by atoms with Crippen molar-refractivity contribution in [2.75, 3.05) is 0 Å². The van der Waals surface area contributed by atoms with E-state index < -0.39 is 0 Å². The third kappa shape index (κ3) is 217. The first-order chi connectivity index (χ1) is 2.83. The maximum atomic E-state index is 3.49. The molecule has 0 heterocycles. The van der Waals surface area contributed by atoms with E-state index in [0.29, 0.717) is 0 Å². The molecule has 0 atom stereocenters. The van der Waals surface area contributed by atoms with Crippen molar-refractivity contribution in [3.05, 3.63) is 21.3 Å². The van der Waals surface area contributed by atoms with E-state index in [4.69, 9.17) is 0 Å². The molecule has 0 rings (SSSR count). The van der Waals surface area contributed by atoms with Crippen LogP contribution in [-0.2, 0) is 32.7 Å². The molecule has 0 aromatic rings. The minimum absolute atomic E-state index is 0. The molecule has 0 radical (unpaired) electrons. The van der Waals surface area contributed by atoms with Crippen LogP contribution in [0.3, 0.4) is 0 Å². The molecule has 0 unspecified atom stereocenters. The summed E-state index contributed by atoms with van der Waals surface area (Å²) < 4.78 is 0. The maximum absolute atomic E-state index is 3.49. The van der Waals surface area contributed by atoms with Crippen molar-refractivity contribution in [2.45, 2.75) is 26.7 Å². The van der Waals surface area contributed by atoms with E-state index in [1.54, 1.807) is 0 Å². The van der Waals surface area contributed by atoms with Crippen LogP contribution in [0.2, 0.25) is 0 Å². The Labute approximate surface area is 80.3 Å². The third-order valence-corrected chi connectivity index (χ3v) is 0. The van der Waals surface area contributed by atoms with E-state index in [2.05, 4.69) is 13.8 Å². The number of hydrogen-bond acceptors (Lipinski definition) is 0. The summed E-state index contributed by atoms with van der Waals surface area (Å²) in [5.74, 6) is 0. The molecule has 0 bridgehead atoms. The second-order valence-corrected chi connectivity index (χ2v) is 1.000. The van der Waals surface area contributed by atoms with Crippen LogP contribution in [0.1, 0.15) is 26.7 Å². The summed E-state index contributed by atoms with van der Waals surface area (Å²) in [6.07, 6.45) is 2.00. The second-order valence-electron chi connectivity index (χ2n) is 1.000. The van der Waals surface area contributed by atoms with Crippen LogP contribution >= 0.6 is 0 Å². The SMILES string of the molecule is [CH2-]CC.[CH2-]CC.[CH3-].[Y+3]. The van der Waals surface area contributed by atoms with Gasteiger partial charge in [-0.2, -0.15) is 12.8 Å². The van der Waals surface area contributed by atoms with Crippen LogP contribution < -0.4 is 0 Å². The Balaban J connectivity index is -0.0000000160. The molecule has 0 aromatic heterocycles. The Morgan fingerprint density at radius 1 is 1.00 bits per heavy atom. The first-order valence-electron chi connectivity index (χ1n) is 2.41. The molecule has 0 saturated carbocycles. The monoisotopic (exact) mass is 190 g/mol. The normalized spacial score (nSPS) is 4.50. The summed E-state index contributed by atoms with van der Waals surface area (Å²) in [5.41, 5.74) is 0. The second kappa shape index (κ2) is 42.4. The fourth-order valence-electron chi connectivity index (χ4n) is 0. The molecule has 48 valence electrons. The van der Waals surface area contributed by atoms with E-state index in [-0.39, 0.29) is 40.1 Å². The molecule has 1 heteroatoms. The van der Waals surface area contributed by atoms with E-state index >= 15 is 0 Å². The van der Waals surface area contributed by atoms with Gasteiger partial charge in [-0.05, 0) is 0 Å². The summed E-state index contributed by atoms with van der Waals surface area (Å²) in [6.45, 7) is 11.0. The largest absolute Gasteiger partial charge is 3.00 e. The van der Waals surface area contributed by atoms with Crippen molar-refractivity contribution in [1.29, 1.82) is 0 Å². The third-order valence-electron chi connectivity index (χ3n) is 0. The van der Waals surface area contributed by atoms with Gasteiger partial charge in [0.15, 0.2) is 0 Å². The Hall–Kier alpha value is 1.10. The van der Waals surface area contributed by atoms with Gasteiger partial charge in [0.05, 0.1) is 0 Å². The number of rotatable bonds is 0. The van der Waals surface area contributed by atoms with Gasteiger partial charge < -0.3 is 21.3 Å². The van der Waals surface area contributed by atoms with Crippen LogP contribution in [0.5, 0.6) is 0 Å².